The van der Waals surface area contributed by atoms with Gasteiger partial charge in [0.25, 0.3) is 0 Å². The van der Waals surface area contributed by atoms with Crippen molar-refractivity contribution in [3.8, 4) is 5.75 Å². The van der Waals surface area contributed by atoms with E-state index in [9.17, 15) is 5.11 Å². The molecule has 4 N–H and O–H groups in total. The van der Waals surface area contributed by atoms with Crippen molar-refractivity contribution < 1.29 is 9.84 Å². The summed E-state index contributed by atoms with van der Waals surface area (Å²) in [6.07, 6.45) is -0.0744. The number of aliphatic hydroxyl groups is 1. The third-order valence-corrected chi connectivity index (χ3v) is 3.50. The summed E-state index contributed by atoms with van der Waals surface area (Å²) >= 11 is 5.83. The third kappa shape index (κ3) is 5.56. The number of ether oxygens (including phenoxy) is 1. The Hall–Kier alpha value is -1.75. The molecule has 0 aromatic heterocycles. The van der Waals surface area contributed by atoms with Gasteiger partial charge in [0, 0.05) is 17.3 Å². The van der Waals surface area contributed by atoms with E-state index in [-0.39, 0.29) is 0 Å². The Labute approximate surface area is 135 Å². The molecule has 0 aliphatic rings. The van der Waals surface area contributed by atoms with Crippen molar-refractivity contribution in [1.29, 1.82) is 0 Å². The van der Waals surface area contributed by atoms with Gasteiger partial charge in [0.1, 0.15) is 11.9 Å². The molecule has 2 aromatic carbocycles. The number of hydrogen-bond donors (Lipinski definition) is 3. The molecule has 22 heavy (non-hydrogen) atoms. The van der Waals surface area contributed by atoms with Crippen molar-refractivity contribution in [3.05, 3.63) is 59.6 Å². The van der Waals surface area contributed by atoms with Gasteiger partial charge in [-0.05, 0) is 49.2 Å². The van der Waals surface area contributed by atoms with E-state index in [1.165, 1.54) is 0 Å². The summed E-state index contributed by atoms with van der Waals surface area (Å²) in [5.74, 6) is 0.660. The van der Waals surface area contributed by atoms with Crippen LogP contribution in [-0.2, 0) is 0 Å². The fourth-order valence-electron chi connectivity index (χ4n) is 2.01. The molecular formula is C17H21ClN2O2. The van der Waals surface area contributed by atoms with Crippen molar-refractivity contribution >= 4 is 17.3 Å². The Kier molecular flexibility index (Phi) is 6.52. The minimum atomic E-state index is -0.724. The summed E-state index contributed by atoms with van der Waals surface area (Å²) in [6, 6.07) is 16.8. The standard InChI is InChI=1S/C17H21ClN2O2/c18-13-8-10-14(11-9-13)20-12-4-7-16(21)17(19)22-15-5-2-1-3-6-15/h1-3,5-6,8-11,16-17,20-21H,4,7,12,19H2. The van der Waals surface area contributed by atoms with Gasteiger partial charge in [-0.25, -0.2) is 0 Å². The van der Waals surface area contributed by atoms with Crippen LogP contribution in [0.2, 0.25) is 5.02 Å². The molecule has 0 amide bonds. The molecule has 0 spiro atoms. The number of benzene rings is 2. The highest BCUT2D eigenvalue weighted by atomic mass is 35.5. The van der Waals surface area contributed by atoms with Crippen LogP contribution in [0.25, 0.3) is 0 Å². The molecule has 118 valence electrons. The topological polar surface area (TPSA) is 67.5 Å². The second-order valence-electron chi connectivity index (χ2n) is 5.04. The van der Waals surface area contributed by atoms with Crippen LogP contribution in [0, 0.1) is 0 Å². The van der Waals surface area contributed by atoms with E-state index in [4.69, 9.17) is 22.1 Å². The highest BCUT2D eigenvalue weighted by Crippen LogP contribution is 2.14. The zero-order valence-corrected chi connectivity index (χ0v) is 13.0. The number of aliphatic hydroxyl groups excluding tert-OH is 1. The first-order valence-electron chi connectivity index (χ1n) is 7.30. The van der Waals surface area contributed by atoms with Crippen LogP contribution < -0.4 is 15.8 Å². The number of rotatable bonds is 8. The third-order valence-electron chi connectivity index (χ3n) is 3.24. The molecule has 0 saturated heterocycles. The molecule has 2 rings (SSSR count). The average molecular weight is 321 g/mol. The summed E-state index contributed by atoms with van der Waals surface area (Å²) in [6.45, 7) is 0.747. The van der Waals surface area contributed by atoms with Crippen LogP contribution >= 0.6 is 11.6 Å². The Morgan fingerprint density at radius 3 is 2.45 bits per heavy atom. The summed E-state index contributed by atoms with van der Waals surface area (Å²) in [5.41, 5.74) is 6.86. The minimum absolute atomic E-state index is 0.564. The van der Waals surface area contributed by atoms with Gasteiger partial charge in [-0.1, -0.05) is 29.8 Å². The summed E-state index contributed by atoms with van der Waals surface area (Å²) in [7, 11) is 0. The first-order valence-corrected chi connectivity index (χ1v) is 7.68. The van der Waals surface area contributed by atoms with Gasteiger partial charge in [-0.2, -0.15) is 0 Å². The van der Waals surface area contributed by atoms with Gasteiger partial charge < -0.3 is 15.2 Å². The lowest BCUT2D eigenvalue weighted by atomic mass is 10.1. The monoisotopic (exact) mass is 320 g/mol. The smallest absolute Gasteiger partial charge is 0.173 e. The molecule has 0 bridgehead atoms. The van der Waals surface area contributed by atoms with E-state index in [1.54, 1.807) is 0 Å². The number of nitrogens with one attached hydrogen (secondary N) is 1. The SMILES string of the molecule is NC(Oc1ccccc1)C(O)CCCNc1ccc(Cl)cc1. The van der Waals surface area contributed by atoms with Crippen LogP contribution in [0.4, 0.5) is 5.69 Å². The van der Waals surface area contributed by atoms with Crippen LogP contribution in [-0.4, -0.2) is 24.0 Å². The largest absolute Gasteiger partial charge is 0.473 e. The molecule has 5 heteroatoms. The Balaban J connectivity index is 1.66. The van der Waals surface area contributed by atoms with E-state index in [0.29, 0.717) is 17.2 Å². The van der Waals surface area contributed by atoms with E-state index < -0.39 is 12.3 Å². The van der Waals surface area contributed by atoms with Crippen LogP contribution in [0.1, 0.15) is 12.8 Å². The predicted molar refractivity (Wildman–Crippen MR) is 90.2 cm³/mol. The lowest BCUT2D eigenvalue weighted by Crippen LogP contribution is -2.40. The van der Waals surface area contributed by atoms with E-state index in [1.807, 2.05) is 54.6 Å². The van der Waals surface area contributed by atoms with Gasteiger partial charge >= 0.3 is 0 Å². The van der Waals surface area contributed by atoms with E-state index in [2.05, 4.69) is 5.32 Å². The average Bonchev–Trinajstić information content (AvgIpc) is 2.54. The maximum atomic E-state index is 10.0. The zero-order chi connectivity index (χ0) is 15.8. The number of hydrogen-bond acceptors (Lipinski definition) is 4. The molecule has 0 aliphatic carbocycles. The lowest BCUT2D eigenvalue weighted by molar-refractivity contribution is 0.0340. The number of para-hydroxylation sites is 1. The first kappa shape index (κ1) is 16.6. The number of halogens is 1. The van der Waals surface area contributed by atoms with Gasteiger partial charge in [0.2, 0.25) is 0 Å². The summed E-state index contributed by atoms with van der Waals surface area (Å²) in [5, 5.41) is 14.0. The molecule has 2 unspecified atom stereocenters. The fraction of sp³-hybridized carbons (Fsp3) is 0.294. The first-order chi connectivity index (χ1) is 10.6. The van der Waals surface area contributed by atoms with E-state index >= 15 is 0 Å². The molecule has 2 atom stereocenters. The van der Waals surface area contributed by atoms with Crippen molar-refractivity contribution in [3.63, 3.8) is 0 Å². The van der Waals surface area contributed by atoms with Crippen molar-refractivity contribution in [2.45, 2.75) is 25.2 Å². The molecule has 4 nitrogen and oxygen atoms in total. The Morgan fingerprint density at radius 1 is 1.09 bits per heavy atom. The van der Waals surface area contributed by atoms with Crippen LogP contribution in [0.15, 0.2) is 54.6 Å². The molecular weight excluding hydrogens is 300 g/mol. The second-order valence-corrected chi connectivity index (χ2v) is 5.48. The quantitative estimate of drug-likeness (QED) is 0.516. The molecule has 0 radical (unpaired) electrons. The molecule has 0 fully saturated rings. The summed E-state index contributed by atoms with van der Waals surface area (Å²) < 4.78 is 5.50. The van der Waals surface area contributed by atoms with Gasteiger partial charge in [-0.15, -0.1) is 0 Å². The highest BCUT2D eigenvalue weighted by molar-refractivity contribution is 6.30. The van der Waals surface area contributed by atoms with Crippen LogP contribution in [0.5, 0.6) is 5.75 Å². The van der Waals surface area contributed by atoms with Crippen molar-refractivity contribution in [1.82, 2.24) is 0 Å². The zero-order valence-electron chi connectivity index (χ0n) is 12.3. The molecule has 0 heterocycles. The highest BCUT2D eigenvalue weighted by Gasteiger charge is 2.15. The number of anilines is 1. The van der Waals surface area contributed by atoms with Crippen LogP contribution in [0.3, 0.4) is 0 Å². The van der Waals surface area contributed by atoms with E-state index in [0.717, 1.165) is 18.7 Å². The predicted octanol–water partition coefficient (Wildman–Crippen LogP) is 3.26. The van der Waals surface area contributed by atoms with Gasteiger partial charge in [0.15, 0.2) is 6.23 Å². The van der Waals surface area contributed by atoms with Crippen molar-refractivity contribution in [2.75, 3.05) is 11.9 Å². The maximum absolute atomic E-state index is 10.0. The molecule has 0 aliphatic heterocycles. The number of nitrogens with two attached hydrogens (primary N) is 1. The summed E-state index contributed by atoms with van der Waals surface area (Å²) in [4.78, 5) is 0. The van der Waals surface area contributed by atoms with Gasteiger partial charge in [-0.3, -0.25) is 5.73 Å². The lowest BCUT2D eigenvalue weighted by Gasteiger charge is -2.20. The fourth-order valence-corrected chi connectivity index (χ4v) is 2.14. The molecule has 0 saturated carbocycles. The maximum Gasteiger partial charge on any atom is 0.173 e. The Bertz CT molecular complexity index is 548. The minimum Gasteiger partial charge on any atom is -0.473 e. The molecule has 2 aromatic rings. The Morgan fingerprint density at radius 2 is 1.77 bits per heavy atom. The second kappa shape index (κ2) is 8.63. The van der Waals surface area contributed by atoms with Crippen molar-refractivity contribution in [2.24, 2.45) is 5.73 Å². The normalized spacial score (nSPS) is 13.4. The van der Waals surface area contributed by atoms with Gasteiger partial charge in [0.05, 0.1) is 0 Å².